The Hall–Kier alpha value is -0.440. The lowest BCUT2D eigenvalue weighted by Crippen LogP contribution is -2.46. The third-order valence-corrected chi connectivity index (χ3v) is 5.81. The third kappa shape index (κ3) is 3.85. The Bertz CT molecular complexity index is 567. The second kappa shape index (κ2) is 5.64. The first-order valence-electron chi connectivity index (χ1n) is 6.91. The minimum absolute atomic E-state index is 0.0866. The molecule has 0 heterocycles. The number of fused-ring (bicyclic) bond motifs is 1. The molecule has 0 aliphatic heterocycles. The molecule has 0 bridgehead atoms. The summed E-state index contributed by atoms with van der Waals surface area (Å²) in [6, 6.07) is 0. The highest BCUT2D eigenvalue weighted by Gasteiger charge is 2.55. The van der Waals surface area contributed by atoms with Gasteiger partial charge in [-0.1, -0.05) is 18.6 Å². The van der Waals surface area contributed by atoms with E-state index in [9.17, 15) is 16.8 Å². The van der Waals surface area contributed by atoms with Crippen molar-refractivity contribution >= 4 is 20.2 Å². The van der Waals surface area contributed by atoms with Gasteiger partial charge in [0.1, 0.15) is 0 Å². The van der Waals surface area contributed by atoms with Crippen molar-refractivity contribution in [2.45, 2.75) is 32.1 Å². The maximum absolute atomic E-state index is 11.3. The lowest BCUT2D eigenvalue weighted by atomic mass is 9.60. The monoisotopic (exact) mass is 338 g/mol. The Morgan fingerprint density at radius 1 is 0.857 bits per heavy atom. The van der Waals surface area contributed by atoms with E-state index in [4.69, 9.17) is 8.37 Å². The van der Waals surface area contributed by atoms with Crippen LogP contribution in [-0.4, -0.2) is 42.6 Å². The van der Waals surface area contributed by atoms with Gasteiger partial charge in [0.25, 0.3) is 20.2 Å². The predicted molar refractivity (Wildman–Crippen MR) is 78.7 cm³/mol. The first kappa shape index (κ1) is 16.9. The van der Waals surface area contributed by atoms with Crippen LogP contribution < -0.4 is 0 Å². The largest absolute Gasteiger partial charge is 0.270 e. The van der Waals surface area contributed by atoms with Gasteiger partial charge >= 0.3 is 0 Å². The van der Waals surface area contributed by atoms with Crippen LogP contribution >= 0.6 is 0 Å². The summed E-state index contributed by atoms with van der Waals surface area (Å²) in [4.78, 5) is 0. The molecule has 0 N–H and O–H groups in total. The molecule has 1 fully saturated rings. The van der Waals surface area contributed by atoms with E-state index in [-0.39, 0.29) is 24.0 Å². The van der Waals surface area contributed by atoms with Gasteiger partial charge in [0, 0.05) is 10.8 Å². The van der Waals surface area contributed by atoms with Crippen LogP contribution in [0.4, 0.5) is 0 Å². The van der Waals surface area contributed by atoms with E-state index < -0.39 is 20.2 Å². The zero-order valence-electron chi connectivity index (χ0n) is 12.4. The summed E-state index contributed by atoms with van der Waals surface area (Å²) >= 11 is 0. The normalized spacial score (nSPS) is 33.0. The van der Waals surface area contributed by atoms with Crippen LogP contribution in [0.25, 0.3) is 0 Å². The second-order valence-electron chi connectivity index (χ2n) is 6.23. The summed E-state index contributed by atoms with van der Waals surface area (Å²) in [7, 11) is -7.04. The molecule has 122 valence electrons. The van der Waals surface area contributed by atoms with E-state index in [1.807, 2.05) is 12.2 Å². The Morgan fingerprint density at radius 2 is 1.24 bits per heavy atom. The summed E-state index contributed by atoms with van der Waals surface area (Å²) in [6.07, 6.45) is 10.1. The fourth-order valence-electron chi connectivity index (χ4n) is 3.56. The Labute approximate surface area is 126 Å². The van der Waals surface area contributed by atoms with Gasteiger partial charge in [-0.15, -0.1) is 0 Å². The Morgan fingerprint density at radius 3 is 1.57 bits per heavy atom. The molecule has 1 saturated carbocycles. The fourth-order valence-corrected chi connectivity index (χ4v) is 4.44. The van der Waals surface area contributed by atoms with E-state index in [1.54, 1.807) is 0 Å². The molecule has 0 aromatic heterocycles. The average Bonchev–Trinajstić information content (AvgIpc) is 2.72. The molecule has 0 spiro atoms. The molecule has 2 atom stereocenters. The first-order chi connectivity index (χ1) is 9.58. The van der Waals surface area contributed by atoms with Crippen molar-refractivity contribution < 1.29 is 25.2 Å². The second-order valence-corrected chi connectivity index (χ2v) is 9.51. The van der Waals surface area contributed by atoms with Crippen LogP contribution in [0.15, 0.2) is 12.2 Å². The molecule has 0 saturated heterocycles. The molecule has 21 heavy (non-hydrogen) atoms. The van der Waals surface area contributed by atoms with E-state index >= 15 is 0 Å². The summed E-state index contributed by atoms with van der Waals surface area (Å²) in [6.45, 7) is 0.173. The molecule has 0 aromatic rings. The smallest absolute Gasteiger partial charge is 0.264 e. The van der Waals surface area contributed by atoms with E-state index in [1.165, 1.54) is 0 Å². The third-order valence-electron chi connectivity index (χ3n) is 4.72. The topological polar surface area (TPSA) is 86.7 Å². The van der Waals surface area contributed by atoms with Gasteiger partial charge in [-0.05, 0) is 25.7 Å². The van der Waals surface area contributed by atoms with Crippen LogP contribution in [0.3, 0.4) is 0 Å². The summed E-state index contributed by atoms with van der Waals surface area (Å²) < 4.78 is 55.4. The van der Waals surface area contributed by atoms with Crippen molar-refractivity contribution in [2.75, 3.05) is 25.7 Å². The minimum Gasteiger partial charge on any atom is -0.270 e. The van der Waals surface area contributed by atoms with Crippen molar-refractivity contribution in [1.82, 2.24) is 0 Å². The van der Waals surface area contributed by atoms with E-state index in [0.717, 1.165) is 31.8 Å². The molecule has 8 heteroatoms. The molecule has 0 radical (unpaired) electrons. The zero-order valence-corrected chi connectivity index (χ0v) is 14.0. The maximum Gasteiger partial charge on any atom is 0.264 e. The molecule has 2 aliphatic carbocycles. The SMILES string of the molecule is CS(=O)(=O)OC[C@@]12CC=CC[C@]1(COS(C)(=O)=O)CCC2. The molecule has 6 nitrogen and oxygen atoms in total. The Balaban J connectivity index is 2.24. The molecular weight excluding hydrogens is 316 g/mol. The molecule has 0 unspecified atom stereocenters. The van der Waals surface area contributed by atoms with Gasteiger partial charge in [0.15, 0.2) is 0 Å². The van der Waals surface area contributed by atoms with Gasteiger partial charge < -0.3 is 0 Å². The number of rotatable bonds is 6. The van der Waals surface area contributed by atoms with E-state index in [2.05, 4.69) is 0 Å². The van der Waals surface area contributed by atoms with Crippen molar-refractivity contribution in [3.8, 4) is 0 Å². The highest BCUT2D eigenvalue weighted by Crippen LogP contribution is 2.59. The molecule has 2 aliphatic rings. The maximum atomic E-state index is 11.3. The number of hydrogen-bond acceptors (Lipinski definition) is 6. The molecule has 0 aromatic carbocycles. The summed E-state index contributed by atoms with van der Waals surface area (Å²) in [5.74, 6) is 0. The number of allylic oxidation sites excluding steroid dienone is 2. The van der Waals surface area contributed by atoms with Crippen molar-refractivity contribution in [1.29, 1.82) is 0 Å². The molecule has 0 amide bonds. The van der Waals surface area contributed by atoms with E-state index in [0.29, 0.717) is 12.8 Å². The van der Waals surface area contributed by atoms with Gasteiger partial charge in [-0.2, -0.15) is 16.8 Å². The van der Waals surface area contributed by atoms with Gasteiger partial charge in [-0.25, -0.2) is 0 Å². The van der Waals surface area contributed by atoms with Crippen LogP contribution in [-0.2, 0) is 28.6 Å². The summed E-state index contributed by atoms with van der Waals surface area (Å²) in [5.41, 5.74) is -0.731. The van der Waals surface area contributed by atoms with Crippen molar-refractivity contribution in [3.05, 3.63) is 12.2 Å². The van der Waals surface area contributed by atoms with Gasteiger partial charge in [0.2, 0.25) is 0 Å². The van der Waals surface area contributed by atoms with Crippen molar-refractivity contribution in [3.63, 3.8) is 0 Å². The standard InChI is InChI=1S/C13H22O6S2/c1-20(14,15)18-10-12-6-3-4-7-13(12,9-5-8-12)11-19-21(2,16)17/h3-4H,5-11H2,1-2H3/t12-,13+. The van der Waals surface area contributed by atoms with Crippen molar-refractivity contribution in [2.24, 2.45) is 10.8 Å². The fraction of sp³-hybridized carbons (Fsp3) is 0.846. The lowest BCUT2D eigenvalue weighted by Gasteiger charge is -2.46. The molecule has 2 rings (SSSR count). The molecular formula is C13H22O6S2. The highest BCUT2D eigenvalue weighted by atomic mass is 32.2. The highest BCUT2D eigenvalue weighted by molar-refractivity contribution is 7.86. The lowest BCUT2D eigenvalue weighted by molar-refractivity contribution is -0.0154. The van der Waals surface area contributed by atoms with Crippen LogP contribution in [0, 0.1) is 10.8 Å². The van der Waals surface area contributed by atoms with Crippen LogP contribution in [0.5, 0.6) is 0 Å². The van der Waals surface area contributed by atoms with Crippen LogP contribution in [0.2, 0.25) is 0 Å². The van der Waals surface area contributed by atoms with Crippen LogP contribution in [0.1, 0.15) is 32.1 Å². The Kier molecular flexibility index (Phi) is 4.55. The van der Waals surface area contributed by atoms with Gasteiger partial charge in [-0.3, -0.25) is 8.37 Å². The average molecular weight is 338 g/mol. The summed E-state index contributed by atoms with van der Waals surface area (Å²) in [5, 5.41) is 0. The first-order valence-corrected chi connectivity index (χ1v) is 10.5. The predicted octanol–water partition coefficient (Wildman–Crippen LogP) is 1.45. The van der Waals surface area contributed by atoms with Gasteiger partial charge in [0.05, 0.1) is 25.7 Å². The zero-order chi connectivity index (χ0) is 15.8. The minimum atomic E-state index is -3.52. The quantitative estimate of drug-likeness (QED) is 0.538. The number of hydrogen-bond donors (Lipinski definition) is 0.